The third kappa shape index (κ3) is 5.11. The number of methoxy groups -OCH3 is 1. The van der Waals surface area contributed by atoms with Crippen molar-refractivity contribution in [3.05, 3.63) is 69.7 Å². The fourth-order valence-corrected chi connectivity index (χ4v) is 3.99. The summed E-state index contributed by atoms with van der Waals surface area (Å²) < 4.78 is 5.22. The molecule has 0 spiro atoms. The minimum absolute atomic E-state index is 0.0339. The number of carbonyl (C=O) groups excluding carboxylic acids is 2. The number of anilines is 1. The molecule has 3 rings (SSSR count). The van der Waals surface area contributed by atoms with Crippen LogP contribution in [-0.2, 0) is 9.59 Å². The normalized spacial score (nSPS) is 16.0. The Kier molecular flexibility index (Phi) is 6.81. The number of para-hydroxylation sites is 2. The van der Waals surface area contributed by atoms with Crippen molar-refractivity contribution in [3.63, 3.8) is 0 Å². The Balaban J connectivity index is 1.75. The lowest BCUT2D eigenvalue weighted by molar-refractivity contribution is -0.121. The van der Waals surface area contributed by atoms with E-state index in [9.17, 15) is 14.9 Å². The lowest BCUT2D eigenvalue weighted by Crippen LogP contribution is -2.31. The van der Waals surface area contributed by atoms with Crippen molar-refractivity contribution < 1.29 is 14.3 Å². The molecule has 8 heteroatoms. The van der Waals surface area contributed by atoms with Gasteiger partial charge in [0.2, 0.25) is 11.8 Å². The molecule has 2 aromatic carbocycles. The van der Waals surface area contributed by atoms with E-state index in [-0.39, 0.29) is 29.9 Å². The Morgan fingerprint density at radius 3 is 2.72 bits per heavy atom. The predicted octanol–water partition coefficient (Wildman–Crippen LogP) is 4.06. The number of ether oxygens (including phenoxy) is 1. The van der Waals surface area contributed by atoms with Crippen LogP contribution in [-0.4, -0.2) is 24.7 Å². The van der Waals surface area contributed by atoms with Gasteiger partial charge in [0.1, 0.15) is 5.75 Å². The number of hydrogen-bond acceptors (Lipinski definition) is 5. The number of thioether (sulfide) groups is 1. The van der Waals surface area contributed by atoms with E-state index >= 15 is 0 Å². The zero-order valence-electron chi connectivity index (χ0n) is 15.6. The molecule has 2 aromatic rings. The summed E-state index contributed by atoms with van der Waals surface area (Å²) in [7, 11) is 1.53. The fraction of sp³-hybridized carbons (Fsp3) is 0.190. The van der Waals surface area contributed by atoms with E-state index in [2.05, 4.69) is 16.7 Å². The number of halogens is 1. The molecule has 0 unspecified atom stereocenters. The molecule has 1 aliphatic rings. The molecule has 0 radical (unpaired) electrons. The molecule has 0 aromatic heterocycles. The van der Waals surface area contributed by atoms with E-state index in [1.54, 1.807) is 42.5 Å². The van der Waals surface area contributed by atoms with Crippen LogP contribution in [0.15, 0.2) is 59.1 Å². The molecule has 2 amide bonds. The number of nitrogens with one attached hydrogen (secondary N) is 2. The summed E-state index contributed by atoms with van der Waals surface area (Å²) >= 11 is 7.06. The van der Waals surface area contributed by atoms with E-state index in [4.69, 9.17) is 16.3 Å². The molecule has 1 aliphatic heterocycles. The Morgan fingerprint density at radius 1 is 1.31 bits per heavy atom. The van der Waals surface area contributed by atoms with Gasteiger partial charge in [0.05, 0.1) is 35.2 Å². The van der Waals surface area contributed by atoms with Gasteiger partial charge in [-0.1, -0.05) is 47.6 Å². The third-order valence-electron chi connectivity index (χ3n) is 4.36. The topological polar surface area (TPSA) is 91.2 Å². The summed E-state index contributed by atoms with van der Waals surface area (Å²) in [6, 6.07) is 16.3. The van der Waals surface area contributed by atoms with Crippen LogP contribution in [0.25, 0.3) is 0 Å². The summed E-state index contributed by atoms with van der Waals surface area (Å²) in [5, 5.41) is 16.2. The maximum atomic E-state index is 12.4. The maximum absolute atomic E-state index is 12.4. The Labute approximate surface area is 177 Å². The van der Waals surface area contributed by atoms with Crippen LogP contribution in [0.4, 0.5) is 5.69 Å². The van der Waals surface area contributed by atoms with Crippen LogP contribution in [0.5, 0.6) is 5.75 Å². The summed E-state index contributed by atoms with van der Waals surface area (Å²) in [4.78, 5) is 24.6. The minimum atomic E-state index is -0.370. The molecule has 148 valence electrons. The summed E-state index contributed by atoms with van der Waals surface area (Å²) in [5.74, 6) is -0.252. The van der Waals surface area contributed by atoms with Gasteiger partial charge in [-0.2, -0.15) is 5.26 Å². The molecule has 1 atom stereocenters. The lowest BCUT2D eigenvalue weighted by Gasteiger charge is -2.25. The summed E-state index contributed by atoms with van der Waals surface area (Å²) in [6.07, 6.45) is 0.169. The quantitative estimate of drug-likeness (QED) is 0.725. The lowest BCUT2D eigenvalue weighted by atomic mass is 9.87. The van der Waals surface area contributed by atoms with Gasteiger partial charge < -0.3 is 15.4 Å². The van der Waals surface area contributed by atoms with E-state index in [0.717, 1.165) is 17.3 Å². The number of allylic oxidation sites excluding steroid dienone is 1. The van der Waals surface area contributed by atoms with Gasteiger partial charge >= 0.3 is 0 Å². The van der Waals surface area contributed by atoms with Gasteiger partial charge in [-0.15, -0.1) is 0 Å². The largest absolute Gasteiger partial charge is 0.495 e. The van der Waals surface area contributed by atoms with Gasteiger partial charge in [0.15, 0.2) is 0 Å². The van der Waals surface area contributed by atoms with Gasteiger partial charge in [-0.25, -0.2) is 0 Å². The Bertz CT molecular complexity index is 999. The first-order valence-corrected chi connectivity index (χ1v) is 10.1. The van der Waals surface area contributed by atoms with Gasteiger partial charge in [0, 0.05) is 17.4 Å². The molecular weight excluding hydrogens is 410 g/mol. The van der Waals surface area contributed by atoms with E-state index < -0.39 is 0 Å². The van der Waals surface area contributed by atoms with E-state index in [1.165, 1.54) is 7.11 Å². The van der Waals surface area contributed by atoms with Crippen LogP contribution in [0.1, 0.15) is 17.9 Å². The second kappa shape index (κ2) is 9.50. The maximum Gasteiger partial charge on any atom is 0.234 e. The Morgan fingerprint density at radius 2 is 2.03 bits per heavy atom. The molecule has 0 fully saturated rings. The second-order valence-electron chi connectivity index (χ2n) is 6.25. The zero-order chi connectivity index (χ0) is 20.8. The van der Waals surface area contributed by atoms with E-state index in [1.807, 2.05) is 6.07 Å². The number of carbonyl (C=O) groups is 2. The minimum Gasteiger partial charge on any atom is -0.495 e. The van der Waals surface area contributed by atoms with Crippen molar-refractivity contribution in [1.29, 1.82) is 5.26 Å². The van der Waals surface area contributed by atoms with Crippen molar-refractivity contribution in [2.24, 2.45) is 0 Å². The van der Waals surface area contributed by atoms with Crippen LogP contribution in [0.2, 0.25) is 5.02 Å². The first-order chi connectivity index (χ1) is 14.0. The van der Waals surface area contributed by atoms with Crippen molar-refractivity contribution in [1.82, 2.24) is 5.32 Å². The first-order valence-electron chi connectivity index (χ1n) is 8.77. The van der Waals surface area contributed by atoms with Crippen molar-refractivity contribution in [3.8, 4) is 11.8 Å². The standard InChI is InChI=1S/C21H18ClN3O3S/c1-28-18-5-3-2-4-17(18)24-20(27)12-29-21-16(11-23)15(10-19(26)25-21)13-6-8-14(22)9-7-13/h2-9,15H,10,12H2,1H3,(H,24,27)(H,25,26)/t15-/m0/s1. The smallest absolute Gasteiger partial charge is 0.234 e. The summed E-state index contributed by atoms with van der Waals surface area (Å²) in [5.41, 5.74) is 1.82. The molecule has 0 saturated carbocycles. The molecule has 1 heterocycles. The molecule has 0 saturated heterocycles. The highest BCUT2D eigenvalue weighted by Crippen LogP contribution is 2.36. The number of hydrogen-bond donors (Lipinski definition) is 2. The molecular formula is C21H18ClN3O3S. The van der Waals surface area contributed by atoms with Crippen molar-refractivity contribution in [2.75, 3.05) is 18.2 Å². The predicted molar refractivity (Wildman–Crippen MR) is 114 cm³/mol. The van der Waals surface area contributed by atoms with Crippen molar-refractivity contribution in [2.45, 2.75) is 12.3 Å². The van der Waals surface area contributed by atoms with E-state index in [0.29, 0.717) is 27.1 Å². The number of amides is 2. The molecule has 29 heavy (non-hydrogen) atoms. The average molecular weight is 428 g/mol. The van der Waals surface area contributed by atoms with Crippen LogP contribution in [0.3, 0.4) is 0 Å². The van der Waals surface area contributed by atoms with Gasteiger partial charge in [-0.3, -0.25) is 9.59 Å². The first kappa shape index (κ1) is 20.8. The van der Waals surface area contributed by atoms with Gasteiger partial charge in [0.25, 0.3) is 0 Å². The number of rotatable bonds is 6. The SMILES string of the molecule is COc1ccccc1NC(=O)CSC1=C(C#N)[C@H](c2ccc(Cl)cc2)CC(=O)N1. The van der Waals surface area contributed by atoms with Gasteiger partial charge in [-0.05, 0) is 29.8 Å². The monoisotopic (exact) mass is 427 g/mol. The van der Waals surface area contributed by atoms with Crippen molar-refractivity contribution >= 4 is 40.9 Å². The molecule has 2 N–H and O–H groups in total. The third-order valence-corrected chi connectivity index (χ3v) is 5.63. The molecule has 0 bridgehead atoms. The van der Waals surface area contributed by atoms with Crippen LogP contribution >= 0.6 is 23.4 Å². The molecule has 6 nitrogen and oxygen atoms in total. The fourth-order valence-electron chi connectivity index (χ4n) is 2.98. The highest BCUT2D eigenvalue weighted by atomic mass is 35.5. The highest BCUT2D eigenvalue weighted by molar-refractivity contribution is 8.03. The van der Waals surface area contributed by atoms with Crippen LogP contribution < -0.4 is 15.4 Å². The number of benzene rings is 2. The Hall–Kier alpha value is -2.95. The second-order valence-corrected chi connectivity index (χ2v) is 7.67. The van der Waals surface area contributed by atoms with Crippen LogP contribution in [0, 0.1) is 11.3 Å². The zero-order valence-corrected chi connectivity index (χ0v) is 17.1. The number of nitrogens with zero attached hydrogens (tertiary/aromatic N) is 1. The average Bonchev–Trinajstić information content (AvgIpc) is 2.72. The summed E-state index contributed by atoms with van der Waals surface area (Å²) in [6.45, 7) is 0. The highest BCUT2D eigenvalue weighted by Gasteiger charge is 2.29. The molecule has 0 aliphatic carbocycles. The number of nitriles is 1.